The predicted octanol–water partition coefficient (Wildman–Crippen LogP) is 0.723. The number of methoxy groups -OCH3 is 1. The molecule has 0 amide bonds. The zero-order valence-electron chi connectivity index (χ0n) is 8.95. The van der Waals surface area contributed by atoms with Gasteiger partial charge in [-0.1, -0.05) is 6.92 Å². The molecule has 14 heavy (non-hydrogen) atoms. The second-order valence-electron chi connectivity index (χ2n) is 2.73. The van der Waals surface area contributed by atoms with Gasteiger partial charge in [-0.2, -0.15) is 0 Å². The molecule has 2 atom stereocenters. The van der Waals surface area contributed by atoms with Gasteiger partial charge in [0.25, 0.3) is 0 Å². The Kier molecular flexibility index (Phi) is 7.70. The van der Waals surface area contributed by atoms with Gasteiger partial charge in [-0.25, -0.2) is 0 Å². The lowest BCUT2D eigenvalue weighted by molar-refractivity contribution is -0.142. The number of carbonyl (C=O) groups is 1. The van der Waals surface area contributed by atoms with Gasteiger partial charge in [-0.05, 0) is 13.3 Å². The van der Waals surface area contributed by atoms with E-state index in [0.29, 0.717) is 25.4 Å². The Bertz CT molecular complexity index is 193. The fraction of sp³-hybridized carbons (Fsp3) is 0.889. The molecular formula is C9H18O4S. The number of ether oxygens (including phenoxy) is 2. The molecule has 0 aromatic carbocycles. The van der Waals surface area contributed by atoms with Crippen molar-refractivity contribution >= 4 is 16.8 Å². The standard InChI is InChI=1S/C9H18O4S/c1-4-8(9(10)13-5-2)14(11)7-6-12-3/h8H,4-7H2,1-3H3. The quantitative estimate of drug-likeness (QED) is 0.596. The molecule has 0 aromatic rings. The summed E-state index contributed by atoms with van der Waals surface area (Å²) >= 11 is 0. The van der Waals surface area contributed by atoms with Crippen LogP contribution in [0.1, 0.15) is 20.3 Å². The average molecular weight is 222 g/mol. The van der Waals surface area contributed by atoms with Crippen LogP contribution in [0.4, 0.5) is 0 Å². The Balaban J connectivity index is 4.10. The van der Waals surface area contributed by atoms with Gasteiger partial charge in [0, 0.05) is 23.7 Å². The van der Waals surface area contributed by atoms with E-state index in [1.54, 1.807) is 14.0 Å². The summed E-state index contributed by atoms with van der Waals surface area (Å²) in [6.45, 7) is 4.30. The lowest BCUT2D eigenvalue weighted by Gasteiger charge is -2.12. The first-order chi connectivity index (χ1) is 6.67. The summed E-state index contributed by atoms with van der Waals surface area (Å²) in [6.07, 6.45) is 0.537. The van der Waals surface area contributed by atoms with Crippen molar-refractivity contribution in [2.75, 3.05) is 26.1 Å². The molecular weight excluding hydrogens is 204 g/mol. The molecule has 0 aliphatic carbocycles. The van der Waals surface area contributed by atoms with Crippen molar-refractivity contribution in [3.05, 3.63) is 0 Å². The van der Waals surface area contributed by atoms with Gasteiger partial charge < -0.3 is 9.47 Å². The molecule has 0 saturated heterocycles. The van der Waals surface area contributed by atoms with Crippen molar-refractivity contribution in [1.29, 1.82) is 0 Å². The van der Waals surface area contributed by atoms with E-state index in [9.17, 15) is 9.00 Å². The summed E-state index contributed by atoms with van der Waals surface area (Å²) in [6, 6.07) is 0. The van der Waals surface area contributed by atoms with Crippen LogP contribution in [0.15, 0.2) is 0 Å². The second-order valence-corrected chi connectivity index (χ2v) is 4.47. The van der Waals surface area contributed by atoms with Crippen molar-refractivity contribution in [3.8, 4) is 0 Å². The first kappa shape index (κ1) is 13.6. The van der Waals surface area contributed by atoms with E-state index in [4.69, 9.17) is 9.47 Å². The number of hydrogen-bond acceptors (Lipinski definition) is 4. The molecule has 5 heteroatoms. The third-order valence-electron chi connectivity index (χ3n) is 1.73. The summed E-state index contributed by atoms with van der Waals surface area (Å²) < 4.78 is 21.2. The van der Waals surface area contributed by atoms with Crippen LogP contribution in [0.3, 0.4) is 0 Å². The molecule has 0 N–H and O–H groups in total. The van der Waals surface area contributed by atoms with Crippen molar-refractivity contribution < 1.29 is 18.5 Å². The predicted molar refractivity (Wildman–Crippen MR) is 55.6 cm³/mol. The van der Waals surface area contributed by atoms with Gasteiger partial charge in [0.1, 0.15) is 5.25 Å². The van der Waals surface area contributed by atoms with Crippen LogP contribution in [-0.4, -0.2) is 41.5 Å². The molecule has 0 rings (SSSR count). The molecule has 0 saturated carbocycles. The number of rotatable bonds is 7. The van der Waals surface area contributed by atoms with Crippen LogP contribution in [-0.2, 0) is 25.1 Å². The van der Waals surface area contributed by atoms with Crippen molar-refractivity contribution in [3.63, 3.8) is 0 Å². The lowest BCUT2D eigenvalue weighted by Crippen LogP contribution is -2.29. The summed E-state index contributed by atoms with van der Waals surface area (Å²) in [5, 5.41) is -0.509. The van der Waals surface area contributed by atoms with E-state index in [1.807, 2.05) is 6.92 Å². The van der Waals surface area contributed by atoms with Crippen LogP contribution in [0.5, 0.6) is 0 Å². The smallest absolute Gasteiger partial charge is 0.321 e. The Morgan fingerprint density at radius 3 is 2.50 bits per heavy atom. The van der Waals surface area contributed by atoms with Crippen LogP contribution >= 0.6 is 0 Å². The highest BCUT2D eigenvalue weighted by atomic mass is 32.2. The molecule has 0 aliphatic rings. The third-order valence-corrected chi connectivity index (χ3v) is 3.46. The minimum atomic E-state index is -1.19. The highest BCUT2D eigenvalue weighted by Crippen LogP contribution is 2.05. The summed E-state index contributed by atoms with van der Waals surface area (Å²) in [7, 11) is 0.355. The van der Waals surface area contributed by atoms with Crippen molar-refractivity contribution in [2.24, 2.45) is 0 Å². The van der Waals surface area contributed by atoms with Crippen molar-refractivity contribution in [1.82, 2.24) is 0 Å². The number of hydrogen-bond donors (Lipinski definition) is 0. The first-order valence-corrected chi connectivity index (χ1v) is 6.08. The van der Waals surface area contributed by atoms with E-state index >= 15 is 0 Å². The summed E-state index contributed by atoms with van der Waals surface area (Å²) in [5.74, 6) is 0.0119. The Hall–Kier alpha value is -0.420. The highest BCUT2D eigenvalue weighted by molar-refractivity contribution is 7.86. The molecule has 0 fully saturated rings. The lowest BCUT2D eigenvalue weighted by atomic mass is 10.3. The zero-order chi connectivity index (χ0) is 11.0. The van der Waals surface area contributed by atoms with Crippen molar-refractivity contribution in [2.45, 2.75) is 25.5 Å². The Labute approximate surface area is 87.4 Å². The van der Waals surface area contributed by atoms with Gasteiger partial charge in [0.2, 0.25) is 0 Å². The maximum absolute atomic E-state index is 11.6. The van der Waals surface area contributed by atoms with E-state index in [1.165, 1.54) is 0 Å². The van der Waals surface area contributed by atoms with Crippen LogP contribution in [0, 0.1) is 0 Å². The Morgan fingerprint density at radius 1 is 1.43 bits per heavy atom. The molecule has 84 valence electrons. The summed E-state index contributed by atoms with van der Waals surface area (Å²) in [5.41, 5.74) is 0. The van der Waals surface area contributed by atoms with Crippen LogP contribution in [0.25, 0.3) is 0 Å². The minimum absolute atomic E-state index is 0.330. The maximum Gasteiger partial charge on any atom is 0.321 e. The molecule has 0 heterocycles. The van der Waals surface area contributed by atoms with E-state index < -0.39 is 16.0 Å². The van der Waals surface area contributed by atoms with Gasteiger partial charge in [-0.3, -0.25) is 9.00 Å². The molecule has 0 radical (unpaired) electrons. The average Bonchev–Trinajstić information content (AvgIpc) is 2.16. The molecule has 2 unspecified atom stereocenters. The van der Waals surface area contributed by atoms with Gasteiger partial charge in [0.05, 0.1) is 13.2 Å². The monoisotopic (exact) mass is 222 g/mol. The number of esters is 1. The van der Waals surface area contributed by atoms with E-state index in [-0.39, 0.29) is 5.97 Å². The number of carbonyl (C=O) groups excluding carboxylic acids is 1. The first-order valence-electron chi connectivity index (χ1n) is 4.70. The third kappa shape index (κ3) is 4.72. The zero-order valence-corrected chi connectivity index (χ0v) is 9.76. The summed E-state index contributed by atoms with van der Waals surface area (Å²) in [4.78, 5) is 11.3. The van der Waals surface area contributed by atoms with E-state index in [2.05, 4.69) is 0 Å². The van der Waals surface area contributed by atoms with Crippen LogP contribution in [0.2, 0.25) is 0 Å². The SMILES string of the molecule is CCOC(=O)C(CC)S(=O)CCOC. The van der Waals surface area contributed by atoms with Gasteiger partial charge in [-0.15, -0.1) is 0 Å². The molecule has 0 spiro atoms. The highest BCUT2D eigenvalue weighted by Gasteiger charge is 2.23. The van der Waals surface area contributed by atoms with E-state index in [0.717, 1.165) is 0 Å². The van der Waals surface area contributed by atoms with Crippen LogP contribution < -0.4 is 0 Å². The second kappa shape index (κ2) is 7.94. The van der Waals surface area contributed by atoms with Gasteiger partial charge in [0.15, 0.2) is 0 Å². The maximum atomic E-state index is 11.6. The Morgan fingerprint density at radius 2 is 2.07 bits per heavy atom. The minimum Gasteiger partial charge on any atom is -0.465 e. The topological polar surface area (TPSA) is 52.6 Å². The van der Waals surface area contributed by atoms with Gasteiger partial charge >= 0.3 is 5.97 Å². The normalized spacial score (nSPS) is 14.8. The molecule has 0 aliphatic heterocycles. The molecule has 0 bridgehead atoms. The molecule has 4 nitrogen and oxygen atoms in total. The molecule has 0 aromatic heterocycles. The largest absolute Gasteiger partial charge is 0.465 e. The fourth-order valence-electron chi connectivity index (χ4n) is 1.00. The fourth-order valence-corrected chi connectivity index (χ4v) is 2.27.